The Hall–Kier alpha value is -3.36. The van der Waals surface area contributed by atoms with Crippen molar-refractivity contribution in [3.63, 3.8) is 0 Å². The Morgan fingerprint density at radius 2 is 2.00 bits per heavy atom. The lowest BCUT2D eigenvalue weighted by molar-refractivity contribution is -0.120. The number of nitrogen functional groups attached to an aromatic ring is 1. The van der Waals surface area contributed by atoms with Gasteiger partial charge in [0.25, 0.3) is 11.5 Å². The van der Waals surface area contributed by atoms with E-state index in [-0.39, 0.29) is 23.8 Å². The van der Waals surface area contributed by atoms with Crippen molar-refractivity contribution in [2.75, 3.05) is 23.8 Å². The van der Waals surface area contributed by atoms with Crippen molar-refractivity contribution >= 4 is 23.7 Å². The van der Waals surface area contributed by atoms with Crippen molar-refractivity contribution < 1.29 is 14.3 Å². The smallest absolute Gasteiger partial charge is 0.330 e. The molecule has 1 aromatic carbocycles. The SMILES string of the molecule is CCCCn1c(N)c(N(CC)C(=O)COc2ccccc2C=O)c(=O)[nH]c1=O. The summed E-state index contributed by atoms with van der Waals surface area (Å²) in [5.74, 6) is -0.330. The minimum absolute atomic E-state index is 0.0642. The zero-order valence-electron chi connectivity index (χ0n) is 15.9. The van der Waals surface area contributed by atoms with Gasteiger partial charge in [-0.25, -0.2) is 4.79 Å². The van der Waals surface area contributed by atoms with Crippen LogP contribution in [0.15, 0.2) is 33.9 Å². The van der Waals surface area contributed by atoms with Crippen molar-refractivity contribution in [2.45, 2.75) is 33.2 Å². The molecule has 0 saturated heterocycles. The fourth-order valence-electron chi connectivity index (χ4n) is 2.76. The lowest BCUT2D eigenvalue weighted by atomic mass is 10.2. The third-order valence-corrected chi connectivity index (χ3v) is 4.23. The van der Waals surface area contributed by atoms with Crippen molar-refractivity contribution in [3.8, 4) is 5.75 Å². The summed E-state index contributed by atoms with van der Waals surface area (Å²) >= 11 is 0. The van der Waals surface area contributed by atoms with Crippen LogP contribution in [0.1, 0.15) is 37.0 Å². The Kier molecular flexibility index (Phi) is 7.14. The summed E-state index contributed by atoms with van der Waals surface area (Å²) in [7, 11) is 0. The molecule has 0 fully saturated rings. The normalized spacial score (nSPS) is 10.5. The van der Waals surface area contributed by atoms with Crippen LogP contribution in [0.4, 0.5) is 11.5 Å². The quantitative estimate of drug-likeness (QED) is 0.621. The van der Waals surface area contributed by atoms with E-state index in [1.165, 1.54) is 9.47 Å². The largest absolute Gasteiger partial charge is 0.483 e. The Labute approximate surface area is 161 Å². The van der Waals surface area contributed by atoms with Crippen LogP contribution in [-0.2, 0) is 11.3 Å². The maximum Gasteiger partial charge on any atom is 0.330 e. The molecule has 0 saturated carbocycles. The number of ether oxygens (including phenoxy) is 1. The molecule has 0 aliphatic carbocycles. The van der Waals surface area contributed by atoms with Gasteiger partial charge in [-0.3, -0.25) is 23.9 Å². The number of anilines is 2. The summed E-state index contributed by atoms with van der Waals surface area (Å²) in [6, 6.07) is 6.49. The lowest BCUT2D eigenvalue weighted by Crippen LogP contribution is -2.42. The van der Waals surface area contributed by atoms with E-state index in [9.17, 15) is 19.2 Å². The number of rotatable bonds is 9. The number of carbonyl (C=O) groups is 2. The van der Waals surface area contributed by atoms with E-state index >= 15 is 0 Å². The van der Waals surface area contributed by atoms with E-state index in [0.717, 1.165) is 6.42 Å². The van der Waals surface area contributed by atoms with Crippen LogP contribution in [0.2, 0.25) is 0 Å². The summed E-state index contributed by atoms with van der Waals surface area (Å²) in [5, 5.41) is 0. The molecule has 2 rings (SSSR count). The van der Waals surface area contributed by atoms with E-state index in [1.807, 2.05) is 6.92 Å². The second-order valence-corrected chi connectivity index (χ2v) is 6.08. The summed E-state index contributed by atoms with van der Waals surface area (Å²) in [6.45, 7) is 3.73. The molecule has 9 nitrogen and oxygen atoms in total. The minimum Gasteiger partial charge on any atom is -0.483 e. The molecular weight excluding hydrogens is 364 g/mol. The molecule has 0 aliphatic heterocycles. The van der Waals surface area contributed by atoms with Crippen molar-refractivity contribution in [2.24, 2.45) is 0 Å². The monoisotopic (exact) mass is 388 g/mol. The molecule has 0 radical (unpaired) electrons. The summed E-state index contributed by atoms with van der Waals surface area (Å²) in [5.41, 5.74) is 4.93. The number of unbranched alkanes of at least 4 members (excludes halogenated alkanes) is 1. The number of H-pyrrole nitrogens is 1. The van der Waals surface area contributed by atoms with Crippen molar-refractivity contribution in [3.05, 3.63) is 50.7 Å². The predicted octanol–water partition coefficient (Wildman–Crippen LogP) is 1.16. The van der Waals surface area contributed by atoms with Crippen molar-refractivity contribution in [1.82, 2.24) is 9.55 Å². The highest BCUT2D eigenvalue weighted by Crippen LogP contribution is 2.19. The standard InChI is InChI=1S/C19H24N4O5/c1-3-5-10-23-17(20)16(18(26)21-19(23)27)22(4-2)15(25)12-28-14-9-7-6-8-13(14)11-24/h6-9,11H,3-5,10,12,20H2,1-2H3,(H,21,26,27). The molecule has 0 spiro atoms. The van der Waals surface area contributed by atoms with Gasteiger partial charge in [-0.05, 0) is 25.5 Å². The number of hydrogen-bond donors (Lipinski definition) is 2. The molecule has 0 bridgehead atoms. The van der Waals surface area contributed by atoms with E-state index in [2.05, 4.69) is 4.98 Å². The number of aromatic nitrogens is 2. The molecule has 1 heterocycles. The predicted molar refractivity (Wildman–Crippen MR) is 106 cm³/mol. The molecular formula is C19H24N4O5. The molecule has 3 N–H and O–H groups in total. The van der Waals surface area contributed by atoms with Crippen LogP contribution >= 0.6 is 0 Å². The second-order valence-electron chi connectivity index (χ2n) is 6.08. The van der Waals surface area contributed by atoms with Crippen LogP contribution in [0, 0.1) is 0 Å². The van der Waals surface area contributed by atoms with E-state index < -0.39 is 23.8 Å². The topological polar surface area (TPSA) is 127 Å². The summed E-state index contributed by atoms with van der Waals surface area (Å²) < 4.78 is 6.70. The van der Waals surface area contributed by atoms with Gasteiger partial charge in [0.15, 0.2) is 18.6 Å². The van der Waals surface area contributed by atoms with Gasteiger partial charge in [0.2, 0.25) is 0 Å². The average Bonchev–Trinajstić information content (AvgIpc) is 2.69. The highest BCUT2D eigenvalue weighted by molar-refractivity contribution is 5.96. The van der Waals surface area contributed by atoms with Crippen LogP contribution in [0.3, 0.4) is 0 Å². The van der Waals surface area contributed by atoms with E-state index in [0.29, 0.717) is 24.8 Å². The number of nitrogens with one attached hydrogen (secondary N) is 1. The Morgan fingerprint density at radius 1 is 1.29 bits per heavy atom. The van der Waals surface area contributed by atoms with Gasteiger partial charge >= 0.3 is 5.69 Å². The average molecular weight is 388 g/mol. The number of nitrogens with zero attached hydrogens (tertiary/aromatic N) is 2. The third kappa shape index (κ3) is 4.48. The van der Waals surface area contributed by atoms with Crippen LogP contribution in [-0.4, -0.2) is 34.9 Å². The molecule has 0 atom stereocenters. The molecule has 150 valence electrons. The Morgan fingerprint density at radius 3 is 2.64 bits per heavy atom. The fourth-order valence-corrected chi connectivity index (χ4v) is 2.76. The highest BCUT2D eigenvalue weighted by Gasteiger charge is 2.23. The highest BCUT2D eigenvalue weighted by atomic mass is 16.5. The molecule has 2 aromatic rings. The molecule has 28 heavy (non-hydrogen) atoms. The number of amides is 1. The Balaban J connectivity index is 2.31. The third-order valence-electron chi connectivity index (χ3n) is 4.23. The number of carbonyl (C=O) groups excluding carboxylic acids is 2. The molecule has 9 heteroatoms. The zero-order chi connectivity index (χ0) is 20.7. The minimum atomic E-state index is -0.737. The van der Waals surface area contributed by atoms with Crippen LogP contribution < -0.4 is 26.6 Å². The number of aromatic amines is 1. The van der Waals surface area contributed by atoms with Crippen LogP contribution in [0.25, 0.3) is 0 Å². The van der Waals surface area contributed by atoms with Gasteiger partial charge in [0, 0.05) is 13.1 Å². The first kappa shape index (κ1) is 20.9. The maximum atomic E-state index is 12.7. The van der Waals surface area contributed by atoms with Gasteiger partial charge in [-0.15, -0.1) is 0 Å². The maximum absolute atomic E-state index is 12.7. The first-order valence-corrected chi connectivity index (χ1v) is 9.04. The molecule has 1 aromatic heterocycles. The van der Waals surface area contributed by atoms with Gasteiger partial charge in [0.1, 0.15) is 11.6 Å². The lowest BCUT2D eigenvalue weighted by Gasteiger charge is -2.23. The Bertz CT molecular complexity index is 964. The van der Waals surface area contributed by atoms with E-state index in [4.69, 9.17) is 10.5 Å². The number of likely N-dealkylation sites (N-methyl/N-ethyl adjacent to an activating group) is 1. The van der Waals surface area contributed by atoms with E-state index in [1.54, 1.807) is 31.2 Å². The summed E-state index contributed by atoms with van der Waals surface area (Å²) in [6.07, 6.45) is 2.16. The van der Waals surface area contributed by atoms with Crippen molar-refractivity contribution in [1.29, 1.82) is 0 Å². The van der Waals surface area contributed by atoms with Gasteiger partial charge in [-0.2, -0.15) is 0 Å². The number of benzene rings is 1. The second kappa shape index (κ2) is 9.54. The number of nitrogens with two attached hydrogens (primary N) is 1. The van der Waals surface area contributed by atoms with Gasteiger partial charge < -0.3 is 15.4 Å². The first-order valence-electron chi connectivity index (χ1n) is 9.04. The summed E-state index contributed by atoms with van der Waals surface area (Å²) in [4.78, 5) is 51.5. The first-order chi connectivity index (χ1) is 13.4. The molecule has 0 unspecified atom stereocenters. The number of para-hydroxylation sites is 1. The number of aldehydes is 1. The molecule has 1 amide bonds. The number of hydrogen-bond acceptors (Lipinski definition) is 6. The van der Waals surface area contributed by atoms with Gasteiger partial charge in [0.05, 0.1) is 5.56 Å². The fraction of sp³-hybridized carbons (Fsp3) is 0.368. The van der Waals surface area contributed by atoms with Gasteiger partial charge in [-0.1, -0.05) is 25.5 Å². The van der Waals surface area contributed by atoms with Crippen LogP contribution in [0.5, 0.6) is 5.75 Å². The molecule has 0 aliphatic rings. The zero-order valence-corrected chi connectivity index (χ0v) is 15.9.